The molecule has 3 N–H and O–H groups in total. The number of amides is 1. The average Bonchev–Trinajstić information content (AvgIpc) is 2.97. The summed E-state index contributed by atoms with van der Waals surface area (Å²) in [6, 6.07) is 0.550. The van der Waals surface area contributed by atoms with Crippen molar-refractivity contribution in [3.63, 3.8) is 0 Å². The molecule has 0 aromatic carbocycles. The van der Waals surface area contributed by atoms with E-state index in [9.17, 15) is 4.79 Å². The molecule has 2 aliphatic rings. The Labute approximate surface area is 91.8 Å². The van der Waals surface area contributed by atoms with Crippen LogP contribution in [0.3, 0.4) is 0 Å². The van der Waals surface area contributed by atoms with E-state index in [1.807, 2.05) is 0 Å². The maximum absolute atomic E-state index is 11.9. The molecule has 0 spiro atoms. The minimum atomic E-state index is 0.0804. The van der Waals surface area contributed by atoms with Gasteiger partial charge in [0.25, 0.3) is 0 Å². The SMILES string of the molecule is CCC1CC1NC(=O)C1CCCCC1N. The lowest BCUT2D eigenvalue weighted by Gasteiger charge is -2.27. The topological polar surface area (TPSA) is 55.1 Å². The van der Waals surface area contributed by atoms with Gasteiger partial charge in [0, 0.05) is 12.1 Å². The Morgan fingerprint density at radius 3 is 2.73 bits per heavy atom. The van der Waals surface area contributed by atoms with Crippen LogP contribution in [-0.2, 0) is 4.79 Å². The molecule has 2 aliphatic carbocycles. The maximum atomic E-state index is 11.9. The third kappa shape index (κ3) is 2.51. The van der Waals surface area contributed by atoms with Crippen LogP contribution >= 0.6 is 0 Å². The van der Waals surface area contributed by atoms with Gasteiger partial charge in [-0.2, -0.15) is 0 Å². The van der Waals surface area contributed by atoms with E-state index in [0.717, 1.165) is 25.2 Å². The smallest absolute Gasteiger partial charge is 0.224 e. The number of carbonyl (C=O) groups is 1. The Bertz CT molecular complexity index is 242. The second-order valence-corrected chi connectivity index (χ2v) is 5.07. The van der Waals surface area contributed by atoms with Crippen LogP contribution in [0.2, 0.25) is 0 Å². The molecular weight excluding hydrogens is 188 g/mol. The van der Waals surface area contributed by atoms with Crippen molar-refractivity contribution in [2.24, 2.45) is 17.6 Å². The Morgan fingerprint density at radius 1 is 1.40 bits per heavy atom. The van der Waals surface area contributed by atoms with Gasteiger partial charge in [-0.05, 0) is 25.2 Å². The highest BCUT2D eigenvalue weighted by Crippen LogP contribution is 2.34. The summed E-state index contributed by atoms with van der Waals surface area (Å²) in [5, 5.41) is 3.14. The zero-order valence-corrected chi connectivity index (χ0v) is 9.54. The molecule has 4 atom stereocenters. The molecule has 2 saturated carbocycles. The van der Waals surface area contributed by atoms with Crippen molar-refractivity contribution in [1.82, 2.24) is 5.32 Å². The molecule has 86 valence electrons. The van der Waals surface area contributed by atoms with Crippen LogP contribution in [0.4, 0.5) is 0 Å². The molecule has 3 nitrogen and oxygen atoms in total. The van der Waals surface area contributed by atoms with Gasteiger partial charge in [0.15, 0.2) is 0 Å². The van der Waals surface area contributed by atoms with E-state index in [0.29, 0.717) is 6.04 Å². The van der Waals surface area contributed by atoms with Crippen molar-refractivity contribution in [3.05, 3.63) is 0 Å². The molecule has 0 heterocycles. The number of hydrogen-bond acceptors (Lipinski definition) is 2. The first-order chi connectivity index (χ1) is 7.22. The Balaban J connectivity index is 1.79. The first-order valence-electron chi connectivity index (χ1n) is 6.28. The van der Waals surface area contributed by atoms with Gasteiger partial charge in [-0.15, -0.1) is 0 Å². The predicted octanol–water partition coefficient (Wildman–Crippen LogP) is 1.42. The van der Waals surface area contributed by atoms with E-state index in [2.05, 4.69) is 12.2 Å². The van der Waals surface area contributed by atoms with Crippen molar-refractivity contribution >= 4 is 5.91 Å². The lowest BCUT2D eigenvalue weighted by Crippen LogP contribution is -2.44. The zero-order valence-electron chi connectivity index (χ0n) is 9.54. The van der Waals surface area contributed by atoms with Gasteiger partial charge in [0.2, 0.25) is 5.91 Å². The second-order valence-electron chi connectivity index (χ2n) is 5.07. The second kappa shape index (κ2) is 4.52. The van der Waals surface area contributed by atoms with Gasteiger partial charge in [-0.25, -0.2) is 0 Å². The largest absolute Gasteiger partial charge is 0.353 e. The van der Waals surface area contributed by atoms with E-state index in [1.165, 1.54) is 19.3 Å². The molecule has 0 aromatic rings. The Morgan fingerprint density at radius 2 is 2.13 bits per heavy atom. The minimum absolute atomic E-state index is 0.0804. The van der Waals surface area contributed by atoms with Gasteiger partial charge < -0.3 is 11.1 Å². The van der Waals surface area contributed by atoms with Crippen molar-refractivity contribution in [2.75, 3.05) is 0 Å². The Kier molecular flexibility index (Phi) is 3.29. The van der Waals surface area contributed by atoms with Gasteiger partial charge in [0.05, 0.1) is 5.92 Å². The standard InChI is InChI=1S/C12H22N2O/c1-2-8-7-11(8)14-12(15)9-5-3-4-6-10(9)13/h8-11H,2-7,13H2,1H3,(H,14,15). The molecule has 0 aromatic heterocycles. The fourth-order valence-corrected chi connectivity index (χ4v) is 2.65. The van der Waals surface area contributed by atoms with E-state index in [4.69, 9.17) is 5.73 Å². The highest BCUT2D eigenvalue weighted by Gasteiger charge is 2.38. The van der Waals surface area contributed by atoms with Crippen LogP contribution in [0.5, 0.6) is 0 Å². The average molecular weight is 210 g/mol. The molecule has 0 aliphatic heterocycles. The van der Waals surface area contributed by atoms with Crippen LogP contribution in [0, 0.1) is 11.8 Å². The fraction of sp³-hybridized carbons (Fsp3) is 0.917. The number of rotatable bonds is 3. The summed E-state index contributed by atoms with van der Waals surface area (Å²) < 4.78 is 0. The summed E-state index contributed by atoms with van der Waals surface area (Å²) >= 11 is 0. The molecule has 0 bridgehead atoms. The number of carbonyl (C=O) groups excluding carboxylic acids is 1. The number of hydrogen-bond donors (Lipinski definition) is 2. The quantitative estimate of drug-likeness (QED) is 0.740. The first kappa shape index (κ1) is 10.9. The molecule has 2 fully saturated rings. The zero-order chi connectivity index (χ0) is 10.8. The van der Waals surface area contributed by atoms with E-state index >= 15 is 0 Å². The third-order valence-electron chi connectivity index (χ3n) is 3.93. The highest BCUT2D eigenvalue weighted by molar-refractivity contribution is 5.80. The first-order valence-corrected chi connectivity index (χ1v) is 6.28. The van der Waals surface area contributed by atoms with Crippen LogP contribution in [-0.4, -0.2) is 18.0 Å². The highest BCUT2D eigenvalue weighted by atomic mass is 16.2. The fourth-order valence-electron chi connectivity index (χ4n) is 2.65. The van der Waals surface area contributed by atoms with Crippen LogP contribution < -0.4 is 11.1 Å². The monoisotopic (exact) mass is 210 g/mol. The van der Waals surface area contributed by atoms with Crippen molar-refractivity contribution in [1.29, 1.82) is 0 Å². The molecule has 15 heavy (non-hydrogen) atoms. The number of nitrogens with one attached hydrogen (secondary N) is 1. The van der Waals surface area contributed by atoms with Crippen molar-refractivity contribution in [2.45, 2.75) is 57.5 Å². The van der Waals surface area contributed by atoms with E-state index in [-0.39, 0.29) is 17.9 Å². The van der Waals surface area contributed by atoms with Crippen LogP contribution in [0.15, 0.2) is 0 Å². The molecule has 1 amide bonds. The van der Waals surface area contributed by atoms with E-state index in [1.54, 1.807) is 0 Å². The summed E-state index contributed by atoms with van der Waals surface area (Å²) in [5.74, 6) is 1.02. The summed E-state index contributed by atoms with van der Waals surface area (Å²) in [5.41, 5.74) is 5.98. The van der Waals surface area contributed by atoms with Crippen molar-refractivity contribution in [3.8, 4) is 0 Å². The van der Waals surface area contributed by atoms with Gasteiger partial charge in [-0.3, -0.25) is 4.79 Å². The molecule has 3 heteroatoms. The molecule has 0 saturated heterocycles. The predicted molar refractivity (Wildman–Crippen MR) is 60.3 cm³/mol. The van der Waals surface area contributed by atoms with Gasteiger partial charge in [0.1, 0.15) is 0 Å². The van der Waals surface area contributed by atoms with Crippen molar-refractivity contribution < 1.29 is 4.79 Å². The van der Waals surface area contributed by atoms with E-state index < -0.39 is 0 Å². The summed E-state index contributed by atoms with van der Waals surface area (Å²) in [6.45, 7) is 2.18. The minimum Gasteiger partial charge on any atom is -0.353 e. The number of nitrogens with two attached hydrogens (primary N) is 1. The normalized spacial score (nSPS) is 39.9. The molecule has 0 radical (unpaired) electrons. The Hall–Kier alpha value is -0.570. The summed E-state index contributed by atoms with van der Waals surface area (Å²) in [7, 11) is 0. The third-order valence-corrected chi connectivity index (χ3v) is 3.93. The molecule has 4 unspecified atom stereocenters. The summed E-state index contributed by atoms with van der Waals surface area (Å²) in [4.78, 5) is 11.9. The van der Waals surface area contributed by atoms with Crippen LogP contribution in [0.25, 0.3) is 0 Å². The molecular formula is C12H22N2O. The lowest BCUT2D eigenvalue weighted by molar-refractivity contribution is -0.126. The van der Waals surface area contributed by atoms with Crippen LogP contribution in [0.1, 0.15) is 45.4 Å². The van der Waals surface area contributed by atoms with Gasteiger partial charge >= 0.3 is 0 Å². The maximum Gasteiger partial charge on any atom is 0.224 e. The summed E-state index contributed by atoms with van der Waals surface area (Å²) in [6.07, 6.45) is 6.70. The van der Waals surface area contributed by atoms with Gasteiger partial charge in [-0.1, -0.05) is 26.2 Å². The molecule has 2 rings (SSSR count). The lowest BCUT2D eigenvalue weighted by atomic mass is 9.84.